The number of aromatic nitrogens is 2. The van der Waals surface area contributed by atoms with Gasteiger partial charge in [0, 0.05) is 5.56 Å². The minimum Gasteiger partial charge on any atom is -0.341 e. The van der Waals surface area contributed by atoms with Gasteiger partial charge in [0.15, 0.2) is 0 Å². The van der Waals surface area contributed by atoms with Crippen LogP contribution in [0.1, 0.15) is 5.82 Å². The minimum absolute atomic E-state index is 0. The van der Waals surface area contributed by atoms with Crippen LogP contribution >= 0.6 is 12.4 Å². The van der Waals surface area contributed by atoms with Crippen LogP contribution in [0.3, 0.4) is 0 Å². The molecule has 80 valence electrons. The van der Waals surface area contributed by atoms with Crippen LogP contribution in [0, 0.1) is 5.82 Å². The van der Waals surface area contributed by atoms with E-state index in [1.807, 2.05) is 6.07 Å². The maximum atomic E-state index is 12.9. The third kappa shape index (κ3) is 2.55. The predicted octanol–water partition coefficient (Wildman–Crippen LogP) is 2.10. The van der Waals surface area contributed by atoms with Crippen molar-refractivity contribution in [2.24, 2.45) is 5.73 Å². The number of benzene rings is 1. The van der Waals surface area contributed by atoms with Crippen molar-refractivity contribution >= 4 is 12.4 Å². The number of halogens is 2. The van der Waals surface area contributed by atoms with Crippen LogP contribution in [0.5, 0.6) is 0 Å². The zero-order valence-corrected chi connectivity index (χ0v) is 8.72. The van der Waals surface area contributed by atoms with Gasteiger partial charge in [-0.2, -0.15) is 0 Å². The second-order valence-corrected chi connectivity index (χ2v) is 2.96. The highest BCUT2D eigenvalue weighted by atomic mass is 35.5. The lowest BCUT2D eigenvalue weighted by Crippen LogP contribution is -1.97. The molecule has 5 heteroatoms. The summed E-state index contributed by atoms with van der Waals surface area (Å²) in [7, 11) is 0. The summed E-state index contributed by atoms with van der Waals surface area (Å²) in [6.45, 7) is 0.356. The van der Waals surface area contributed by atoms with Crippen LogP contribution in [0.25, 0.3) is 11.3 Å². The summed E-state index contributed by atoms with van der Waals surface area (Å²) in [5.41, 5.74) is 6.96. The van der Waals surface area contributed by atoms with Gasteiger partial charge in [0.1, 0.15) is 11.6 Å². The molecule has 1 aromatic carbocycles. The van der Waals surface area contributed by atoms with Crippen molar-refractivity contribution < 1.29 is 4.39 Å². The number of rotatable bonds is 2. The fraction of sp³-hybridized carbons (Fsp3) is 0.100. The van der Waals surface area contributed by atoms with Crippen molar-refractivity contribution in [1.82, 2.24) is 9.97 Å². The third-order valence-electron chi connectivity index (χ3n) is 1.96. The highest BCUT2D eigenvalue weighted by Gasteiger charge is 2.02. The van der Waals surface area contributed by atoms with Crippen LogP contribution < -0.4 is 5.73 Å². The van der Waals surface area contributed by atoms with Gasteiger partial charge in [0.2, 0.25) is 0 Å². The summed E-state index contributed by atoms with van der Waals surface area (Å²) in [6.07, 6.45) is 1.65. The molecule has 3 nitrogen and oxygen atoms in total. The van der Waals surface area contributed by atoms with Gasteiger partial charge >= 0.3 is 0 Å². The molecule has 3 N–H and O–H groups in total. The van der Waals surface area contributed by atoms with Crippen molar-refractivity contribution in [3.63, 3.8) is 0 Å². The van der Waals surface area contributed by atoms with E-state index in [4.69, 9.17) is 5.73 Å². The summed E-state index contributed by atoms with van der Waals surface area (Å²) < 4.78 is 12.9. The standard InChI is InChI=1S/C10H10FN3.ClH/c11-8-3-1-2-7(4-8)9-6-13-10(5-12)14-9;/h1-4,6H,5,12H2,(H,13,14);1H. The molecule has 0 bridgehead atoms. The maximum Gasteiger partial charge on any atom is 0.123 e. The van der Waals surface area contributed by atoms with Crippen LogP contribution in [-0.2, 0) is 6.54 Å². The number of imidazole rings is 1. The molecule has 0 aliphatic rings. The van der Waals surface area contributed by atoms with E-state index in [-0.39, 0.29) is 18.2 Å². The molecule has 0 aliphatic heterocycles. The number of hydrogen-bond acceptors (Lipinski definition) is 2. The summed E-state index contributed by atoms with van der Waals surface area (Å²) in [6, 6.07) is 6.34. The highest BCUT2D eigenvalue weighted by molar-refractivity contribution is 5.85. The molecule has 0 amide bonds. The van der Waals surface area contributed by atoms with Crippen LogP contribution in [0.2, 0.25) is 0 Å². The molecule has 0 unspecified atom stereocenters. The molecule has 0 radical (unpaired) electrons. The molecule has 0 saturated heterocycles. The Balaban J connectivity index is 0.00000112. The molecule has 0 aliphatic carbocycles. The van der Waals surface area contributed by atoms with Gasteiger partial charge in [0.05, 0.1) is 18.4 Å². The van der Waals surface area contributed by atoms with Gasteiger partial charge < -0.3 is 10.7 Å². The molecule has 0 saturated carbocycles. The van der Waals surface area contributed by atoms with Crippen LogP contribution in [0.4, 0.5) is 4.39 Å². The lowest BCUT2D eigenvalue weighted by Gasteiger charge is -1.96. The molecule has 15 heavy (non-hydrogen) atoms. The molecule has 0 atom stereocenters. The maximum absolute atomic E-state index is 12.9. The lowest BCUT2D eigenvalue weighted by atomic mass is 10.2. The number of aromatic amines is 1. The van der Waals surface area contributed by atoms with E-state index in [9.17, 15) is 4.39 Å². The topological polar surface area (TPSA) is 54.7 Å². The number of nitrogens with zero attached hydrogens (tertiary/aromatic N) is 1. The third-order valence-corrected chi connectivity index (χ3v) is 1.96. The fourth-order valence-corrected chi connectivity index (χ4v) is 1.27. The van der Waals surface area contributed by atoms with Gasteiger partial charge in [-0.05, 0) is 12.1 Å². The molecule has 2 rings (SSSR count). The van der Waals surface area contributed by atoms with E-state index in [0.717, 1.165) is 11.3 Å². The zero-order chi connectivity index (χ0) is 9.97. The molecule has 0 fully saturated rings. The Morgan fingerprint density at radius 1 is 1.40 bits per heavy atom. The number of nitrogens with two attached hydrogens (primary N) is 1. The first-order chi connectivity index (χ1) is 6.79. The Morgan fingerprint density at radius 2 is 2.20 bits per heavy atom. The first-order valence-corrected chi connectivity index (χ1v) is 4.29. The van der Waals surface area contributed by atoms with E-state index in [2.05, 4.69) is 9.97 Å². The number of hydrogen-bond donors (Lipinski definition) is 2. The Hall–Kier alpha value is -1.39. The van der Waals surface area contributed by atoms with Gasteiger partial charge in [0.25, 0.3) is 0 Å². The molecule has 1 heterocycles. The lowest BCUT2D eigenvalue weighted by molar-refractivity contribution is 0.628. The molecule has 0 spiro atoms. The second-order valence-electron chi connectivity index (χ2n) is 2.96. The van der Waals surface area contributed by atoms with Gasteiger partial charge in [-0.15, -0.1) is 12.4 Å². The highest BCUT2D eigenvalue weighted by Crippen LogP contribution is 2.17. The van der Waals surface area contributed by atoms with Gasteiger partial charge in [-0.3, -0.25) is 0 Å². The van der Waals surface area contributed by atoms with Crippen molar-refractivity contribution in [3.05, 3.63) is 42.1 Å². The minimum atomic E-state index is -0.258. The monoisotopic (exact) mass is 227 g/mol. The summed E-state index contributed by atoms with van der Waals surface area (Å²) in [5.74, 6) is 0.440. The predicted molar refractivity (Wildman–Crippen MR) is 59.1 cm³/mol. The quantitative estimate of drug-likeness (QED) is 0.826. The molecular formula is C10H11ClFN3. The van der Waals surface area contributed by atoms with Crippen molar-refractivity contribution in [1.29, 1.82) is 0 Å². The average Bonchev–Trinajstić information content (AvgIpc) is 2.66. The van der Waals surface area contributed by atoms with Crippen LogP contribution in [-0.4, -0.2) is 9.97 Å². The average molecular weight is 228 g/mol. The largest absolute Gasteiger partial charge is 0.341 e. The Morgan fingerprint density at radius 3 is 2.80 bits per heavy atom. The van der Waals surface area contributed by atoms with Gasteiger partial charge in [-0.1, -0.05) is 12.1 Å². The Kier molecular flexibility index (Phi) is 3.82. The smallest absolute Gasteiger partial charge is 0.123 e. The summed E-state index contributed by atoms with van der Waals surface area (Å²) >= 11 is 0. The Bertz CT molecular complexity index is 442. The van der Waals surface area contributed by atoms with Crippen molar-refractivity contribution in [3.8, 4) is 11.3 Å². The number of H-pyrrole nitrogens is 1. The Labute approximate surface area is 92.9 Å². The van der Waals surface area contributed by atoms with E-state index in [1.54, 1.807) is 12.3 Å². The van der Waals surface area contributed by atoms with E-state index in [1.165, 1.54) is 12.1 Å². The first-order valence-electron chi connectivity index (χ1n) is 4.29. The van der Waals surface area contributed by atoms with E-state index >= 15 is 0 Å². The summed E-state index contributed by atoms with van der Waals surface area (Å²) in [4.78, 5) is 7.04. The SMILES string of the molecule is Cl.NCc1ncc(-c2cccc(F)c2)[nH]1. The molecule has 1 aromatic heterocycles. The number of nitrogens with one attached hydrogen (secondary N) is 1. The first kappa shape index (κ1) is 11.7. The van der Waals surface area contributed by atoms with E-state index in [0.29, 0.717) is 12.4 Å². The summed E-state index contributed by atoms with van der Waals surface area (Å²) in [5, 5.41) is 0. The van der Waals surface area contributed by atoms with Crippen LogP contribution in [0.15, 0.2) is 30.5 Å². The van der Waals surface area contributed by atoms with Crippen molar-refractivity contribution in [2.75, 3.05) is 0 Å². The zero-order valence-electron chi connectivity index (χ0n) is 7.90. The van der Waals surface area contributed by atoms with Gasteiger partial charge in [-0.25, -0.2) is 9.37 Å². The second kappa shape index (κ2) is 4.91. The molecule has 2 aromatic rings. The van der Waals surface area contributed by atoms with Crippen molar-refractivity contribution in [2.45, 2.75) is 6.54 Å². The normalized spacial score (nSPS) is 9.73. The fourth-order valence-electron chi connectivity index (χ4n) is 1.27. The molecular weight excluding hydrogens is 217 g/mol. The van der Waals surface area contributed by atoms with E-state index < -0.39 is 0 Å².